The van der Waals surface area contributed by atoms with Gasteiger partial charge in [0.15, 0.2) is 0 Å². The van der Waals surface area contributed by atoms with E-state index in [1.807, 2.05) is 0 Å². The van der Waals surface area contributed by atoms with Crippen LogP contribution in [0.5, 0.6) is 0 Å². The van der Waals surface area contributed by atoms with Gasteiger partial charge in [0.05, 0.1) is 0 Å². The zero-order valence-corrected chi connectivity index (χ0v) is 13.4. The SMILES string of the molecule is Cl[Si](Cl)Cl.F[PH+](F)F.F[PH+](F)F.[C-]#[O+].[C-]#[O+].[Co]. The van der Waals surface area contributed by atoms with E-state index in [9.17, 15) is 25.2 Å². The fraction of sp³-hybridized carbons (Fsp3) is 0. The molecule has 0 aromatic rings. The van der Waals surface area contributed by atoms with Crippen molar-refractivity contribution in [2.75, 3.05) is 0 Å². The van der Waals surface area contributed by atoms with E-state index in [0.29, 0.717) is 0 Å². The average molecular weight is 427 g/mol. The van der Waals surface area contributed by atoms with E-state index in [-0.39, 0.29) is 16.8 Å². The molecule has 0 saturated carbocycles. The number of hydrogen-bond acceptors (Lipinski definition) is 0. The zero-order chi connectivity index (χ0) is 14.7. The minimum atomic E-state index is -4.38. The molecule has 0 aromatic carbocycles. The topological polar surface area (TPSA) is 39.8 Å². The summed E-state index contributed by atoms with van der Waals surface area (Å²) in [4.78, 5) is 0. The van der Waals surface area contributed by atoms with Crippen molar-refractivity contribution in [3.05, 3.63) is 13.3 Å². The summed E-state index contributed by atoms with van der Waals surface area (Å²) in [5.41, 5.74) is 0. The molecule has 2 radical (unpaired) electrons. The van der Waals surface area contributed by atoms with Gasteiger partial charge in [-0.25, -0.2) is 0 Å². The van der Waals surface area contributed by atoms with Crippen LogP contribution in [0, 0.1) is 13.3 Å². The van der Waals surface area contributed by atoms with Gasteiger partial charge >= 0.3 is 47.0 Å². The Morgan fingerprint density at radius 1 is 0.706 bits per heavy atom. The molecule has 106 valence electrons. The maximum Gasteiger partial charge on any atom is 0 e. The molecule has 0 aliphatic rings. The maximum absolute atomic E-state index is 9.77. The third kappa shape index (κ3) is 1840. The van der Waals surface area contributed by atoms with Gasteiger partial charge in [-0.3, -0.25) is 0 Å². The van der Waals surface area contributed by atoms with Gasteiger partial charge in [-0.05, 0) is 0 Å². The molecule has 0 bridgehead atoms. The van der Waals surface area contributed by atoms with Gasteiger partial charge in [0.1, 0.15) is 0 Å². The van der Waals surface area contributed by atoms with Gasteiger partial charge in [0.2, 0.25) is 0 Å². The van der Waals surface area contributed by atoms with E-state index in [0.717, 1.165) is 0 Å². The monoisotopic (exact) mass is 426 g/mol. The summed E-state index contributed by atoms with van der Waals surface area (Å²) in [5, 5.41) is 0. The Morgan fingerprint density at radius 3 is 0.706 bits per heavy atom. The Bertz CT molecular complexity index is 116. The van der Waals surface area contributed by atoms with Crippen LogP contribution in [0.4, 0.5) is 25.2 Å². The summed E-state index contributed by atoms with van der Waals surface area (Å²) >= 11 is 14.7. The largest absolute Gasteiger partial charge is 0 e. The van der Waals surface area contributed by atoms with Crippen molar-refractivity contribution in [3.8, 4) is 0 Å². The second-order valence-electron chi connectivity index (χ2n) is 0.643. The van der Waals surface area contributed by atoms with Gasteiger partial charge in [0, 0.05) is 42.0 Å². The van der Waals surface area contributed by atoms with Crippen LogP contribution >= 0.6 is 50.9 Å². The molecular formula is C2H2Cl3CoF6O2P2Si+2. The Morgan fingerprint density at radius 2 is 0.706 bits per heavy atom. The first-order chi connectivity index (χ1) is 7.20. The minimum Gasteiger partial charge on any atom is 0 e. The summed E-state index contributed by atoms with van der Waals surface area (Å²) in [7, 11) is -8.76. The number of rotatable bonds is 0. The van der Waals surface area contributed by atoms with E-state index >= 15 is 0 Å². The molecule has 0 aliphatic carbocycles. The van der Waals surface area contributed by atoms with Crippen LogP contribution in [0.15, 0.2) is 0 Å². The van der Waals surface area contributed by atoms with E-state index < -0.39 is 24.4 Å². The van der Waals surface area contributed by atoms with Crippen molar-refractivity contribution >= 4 is 57.7 Å². The summed E-state index contributed by atoms with van der Waals surface area (Å²) in [6, 6.07) is 0. The standard InChI is InChI=1S/2CO.Cl3Si.Co.2F3HP/c2*1-2;1-4(2)3;;2*1-4(2)3/h;;;;2*4H/q;;;;2*+1. The van der Waals surface area contributed by atoms with Crippen molar-refractivity contribution in [1.82, 2.24) is 0 Å². The third-order valence-electron chi connectivity index (χ3n) is 0. The Hall–Kier alpha value is 1.51. The molecule has 0 saturated heterocycles. The second-order valence-corrected chi connectivity index (χ2v) is 7.07. The van der Waals surface area contributed by atoms with Crippen molar-refractivity contribution in [1.29, 1.82) is 0 Å². The van der Waals surface area contributed by atoms with Crippen LogP contribution in [0.3, 0.4) is 0 Å². The zero-order valence-electron chi connectivity index (χ0n) is 7.05. The maximum atomic E-state index is 9.77. The second kappa shape index (κ2) is 43.2. The quantitative estimate of drug-likeness (QED) is 0.125. The average Bonchev–Trinajstić information content (AvgIpc) is 2.07. The van der Waals surface area contributed by atoms with Gasteiger partial charge in [-0.2, -0.15) is 0 Å². The molecule has 15 heteroatoms. The Balaban J connectivity index is -0.0000000227. The van der Waals surface area contributed by atoms with Crippen LogP contribution in [0.2, 0.25) is 0 Å². The molecule has 0 N–H and O–H groups in total. The molecule has 0 heterocycles. The molecule has 0 atom stereocenters. The molecule has 2 nitrogen and oxygen atoms in total. The molecule has 0 spiro atoms. The number of halogens is 9. The first-order valence-electron chi connectivity index (χ1n) is 2.11. The molecule has 17 heavy (non-hydrogen) atoms. The van der Waals surface area contributed by atoms with Crippen LogP contribution < -0.4 is 0 Å². The fourth-order valence-electron chi connectivity index (χ4n) is 0. The molecule has 0 rings (SSSR count). The van der Waals surface area contributed by atoms with Crippen molar-refractivity contribution in [3.63, 3.8) is 0 Å². The number of hydrogen-bond donors (Lipinski definition) is 0. The van der Waals surface area contributed by atoms with Gasteiger partial charge < -0.3 is 0 Å². The molecule has 0 fully saturated rings. The van der Waals surface area contributed by atoms with Gasteiger partial charge in [0.25, 0.3) is 0 Å². The van der Waals surface area contributed by atoms with E-state index in [1.54, 1.807) is 0 Å². The van der Waals surface area contributed by atoms with E-state index in [2.05, 4.69) is 13.3 Å². The van der Waals surface area contributed by atoms with Gasteiger partial charge in [-0.1, -0.05) is 0 Å². The minimum absolute atomic E-state index is 0. The van der Waals surface area contributed by atoms with Crippen molar-refractivity contribution in [2.24, 2.45) is 0 Å². The first kappa shape index (κ1) is 36.3. The van der Waals surface area contributed by atoms with E-state index in [1.165, 1.54) is 0 Å². The van der Waals surface area contributed by atoms with Crippen molar-refractivity contribution < 1.29 is 51.3 Å². The third-order valence-corrected chi connectivity index (χ3v) is 0. The summed E-state index contributed by atoms with van der Waals surface area (Å²) in [6.45, 7) is 7.54. The Labute approximate surface area is 122 Å². The molecule has 0 aliphatic heterocycles. The predicted octanol–water partition coefficient (Wildman–Crippen LogP) is 5.32. The van der Waals surface area contributed by atoms with Crippen LogP contribution in [0.25, 0.3) is 0 Å². The normalized spacial score (nSPS) is 6.59. The van der Waals surface area contributed by atoms with Crippen molar-refractivity contribution in [2.45, 2.75) is 0 Å². The molecule has 0 amide bonds. The van der Waals surface area contributed by atoms with E-state index in [4.69, 9.17) is 42.5 Å². The van der Waals surface area contributed by atoms with Crippen LogP contribution in [-0.2, 0) is 26.1 Å². The summed E-state index contributed by atoms with van der Waals surface area (Å²) < 4.78 is 73.6. The fourth-order valence-corrected chi connectivity index (χ4v) is 0. The molecule has 0 unspecified atom stereocenters. The smallest absolute Gasteiger partial charge is 0 e. The summed E-state index contributed by atoms with van der Waals surface area (Å²) in [6.07, 6.45) is 0. The predicted molar refractivity (Wildman–Crippen MR) is 54.5 cm³/mol. The molecule has 0 aromatic heterocycles. The van der Waals surface area contributed by atoms with Crippen LogP contribution in [0.1, 0.15) is 0 Å². The Kier molecular flexibility index (Phi) is 92.2. The first-order valence-corrected chi connectivity index (χ1v) is 8.91. The van der Waals surface area contributed by atoms with Crippen LogP contribution in [-0.4, -0.2) is 6.73 Å². The molecular weight excluding hydrogens is 425 g/mol. The van der Waals surface area contributed by atoms with Gasteiger partial charge in [-0.15, -0.1) is 33.2 Å². The summed E-state index contributed by atoms with van der Waals surface area (Å²) in [5.74, 6) is 0.